The van der Waals surface area contributed by atoms with Crippen molar-refractivity contribution in [3.8, 4) is 5.75 Å². The van der Waals surface area contributed by atoms with Gasteiger partial charge < -0.3 is 20.1 Å². The lowest BCUT2D eigenvalue weighted by Gasteiger charge is -2.40. The number of carbonyl (C=O) groups is 1. The second-order valence-electron chi connectivity index (χ2n) is 8.44. The minimum absolute atomic E-state index is 0.0834. The van der Waals surface area contributed by atoms with Crippen LogP contribution in [0, 0.1) is 11.3 Å². The molecular formula is C21H34N2O3. The van der Waals surface area contributed by atoms with Crippen molar-refractivity contribution in [2.45, 2.75) is 66.2 Å². The van der Waals surface area contributed by atoms with Gasteiger partial charge in [-0.05, 0) is 49.8 Å². The molecule has 146 valence electrons. The zero-order valence-corrected chi connectivity index (χ0v) is 16.8. The number of nitrogens with one attached hydrogen (secondary N) is 2. The van der Waals surface area contributed by atoms with Gasteiger partial charge in [0.1, 0.15) is 5.75 Å². The first kappa shape index (κ1) is 20.6. The van der Waals surface area contributed by atoms with Crippen molar-refractivity contribution in [3.05, 3.63) is 29.8 Å². The van der Waals surface area contributed by atoms with E-state index in [1.165, 1.54) is 0 Å². The molecular weight excluding hydrogens is 328 g/mol. The molecule has 5 nitrogen and oxygen atoms in total. The van der Waals surface area contributed by atoms with Gasteiger partial charge in [0.15, 0.2) is 0 Å². The lowest BCUT2D eigenvalue weighted by molar-refractivity contribution is -0.0837. The highest BCUT2D eigenvalue weighted by Crippen LogP contribution is 2.33. The smallest absolute Gasteiger partial charge is 0.315 e. The molecule has 0 aliphatic carbocycles. The quantitative estimate of drug-likeness (QED) is 0.800. The fourth-order valence-electron chi connectivity index (χ4n) is 3.48. The molecule has 1 aliphatic heterocycles. The molecule has 0 aromatic heterocycles. The van der Waals surface area contributed by atoms with Crippen molar-refractivity contribution in [1.82, 2.24) is 10.6 Å². The third kappa shape index (κ3) is 6.52. The molecule has 2 rings (SSSR count). The van der Waals surface area contributed by atoms with E-state index in [4.69, 9.17) is 9.47 Å². The second kappa shape index (κ2) is 9.26. The molecule has 0 saturated carbocycles. The fraction of sp³-hybridized carbons (Fsp3) is 0.667. The normalized spacial score (nSPS) is 20.7. The molecule has 2 unspecified atom stereocenters. The van der Waals surface area contributed by atoms with Crippen LogP contribution in [0.3, 0.4) is 0 Å². The maximum Gasteiger partial charge on any atom is 0.315 e. The summed E-state index contributed by atoms with van der Waals surface area (Å²) in [4.78, 5) is 12.2. The first-order valence-corrected chi connectivity index (χ1v) is 9.64. The van der Waals surface area contributed by atoms with Crippen LogP contribution in [0.25, 0.3) is 0 Å². The van der Waals surface area contributed by atoms with Crippen molar-refractivity contribution in [2.24, 2.45) is 11.3 Å². The summed E-state index contributed by atoms with van der Waals surface area (Å²) in [7, 11) is 0. The van der Waals surface area contributed by atoms with Gasteiger partial charge in [0.05, 0.1) is 12.2 Å². The first-order valence-electron chi connectivity index (χ1n) is 9.64. The Morgan fingerprint density at radius 2 is 2.08 bits per heavy atom. The average Bonchev–Trinajstić information content (AvgIpc) is 2.57. The van der Waals surface area contributed by atoms with E-state index in [0.29, 0.717) is 19.0 Å². The van der Waals surface area contributed by atoms with Gasteiger partial charge in [0.2, 0.25) is 0 Å². The Balaban J connectivity index is 1.80. The van der Waals surface area contributed by atoms with E-state index in [2.05, 4.69) is 31.4 Å². The van der Waals surface area contributed by atoms with Crippen molar-refractivity contribution in [2.75, 3.05) is 13.2 Å². The predicted octanol–water partition coefficient (Wildman–Crippen LogP) is 4.11. The van der Waals surface area contributed by atoms with Gasteiger partial charge in [0.25, 0.3) is 0 Å². The molecule has 2 atom stereocenters. The molecule has 0 bridgehead atoms. The number of hydrogen-bond donors (Lipinski definition) is 2. The zero-order chi connectivity index (χ0) is 19.2. The van der Waals surface area contributed by atoms with E-state index in [1.54, 1.807) is 0 Å². The largest absolute Gasteiger partial charge is 0.491 e. The number of urea groups is 1. The minimum Gasteiger partial charge on any atom is -0.491 e. The Bertz CT molecular complexity index is 581. The Hall–Kier alpha value is -1.75. The summed E-state index contributed by atoms with van der Waals surface area (Å²) in [6.45, 7) is 12.5. The van der Waals surface area contributed by atoms with Crippen LogP contribution in [0.5, 0.6) is 5.75 Å². The SMILES string of the molecule is CC(C)Oc1cccc(CNC(=O)NCC2CCCOC2C(C)(C)C)c1. The summed E-state index contributed by atoms with van der Waals surface area (Å²) in [5.74, 6) is 1.18. The molecule has 26 heavy (non-hydrogen) atoms. The summed E-state index contributed by atoms with van der Waals surface area (Å²) in [5.41, 5.74) is 1.10. The van der Waals surface area contributed by atoms with Gasteiger partial charge in [-0.15, -0.1) is 0 Å². The van der Waals surface area contributed by atoms with Crippen LogP contribution >= 0.6 is 0 Å². The monoisotopic (exact) mass is 362 g/mol. The van der Waals surface area contributed by atoms with Gasteiger partial charge >= 0.3 is 6.03 Å². The van der Waals surface area contributed by atoms with Crippen LogP contribution in [0.15, 0.2) is 24.3 Å². The van der Waals surface area contributed by atoms with Gasteiger partial charge in [-0.1, -0.05) is 32.9 Å². The highest BCUT2D eigenvalue weighted by atomic mass is 16.5. The number of benzene rings is 1. The van der Waals surface area contributed by atoms with E-state index < -0.39 is 0 Å². The molecule has 1 aliphatic rings. The summed E-state index contributed by atoms with van der Waals surface area (Å²) in [5, 5.41) is 5.94. The van der Waals surface area contributed by atoms with Crippen LogP contribution in [0.4, 0.5) is 4.79 Å². The van der Waals surface area contributed by atoms with Gasteiger partial charge in [0, 0.05) is 25.6 Å². The van der Waals surface area contributed by atoms with Crippen molar-refractivity contribution in [3.63, 3.8) is 0 Å². The average molecular weight is 363 g/mol. The molecule has 0 spiro atoms. The summed E-state index contributed by atoms with van der Waals surface area (Å²) < 4.78 is 11.7. The Labute approximate surface area is 157 Å². The highest BCUT2D eigenvalue weighted by Gasteiger charge is 2.35. The summed E-state index contributed by atoms with van der Waals surface area (Å²) in [6, 6.07) is 7.68. The number of carbonyl (C=O) groups excluding carboxylic acids is 1. The van der Waals surface area contributed by atoms with Crippen molar-refractivity contribution < 1.29 is 14.3 Å². The standard InChI is InChI=1S/C21H34N2O3/c1-15(2)26-18-10-6-8-16(12-18)13-22-20(24)23-14-17-9-7-11-25-19(17)21(3,4)5/h6,8,10,12,15,17,19H,7,9,11,13-14H2,1-5H3,(H2,22,23,24). The Morgan fingerprint density at radius 1 is 1.31 bits per heavy atom. The second-order valence-corrected chi connectivity index (χ2v) is 8.44. The third-order valence-electron chi connectivity index (χ3n) is 4.55. The molecule has 1 aromatic carbocycles. The van der Waals surface area contributed by atoms with E-state index in [0.717, 1.165) is 30.8 Å². The van der Waals surface area contributed by atoms with E-state index >= 15 is 0 Å². The van der Waals surface area contributed by atoms with Gasteiger partial charge in [-0.3, -0.25) is 0 Å². The van der Waals surface area contributed by atoms with Crippen molar-refractivity contribution in [1.29, 1.82) is 0 Å². The van der Waals surface area contributed by atoms with Crippen LogP contribution in [-0.4, -0.2) is 31.4 Å². The topological polar surface area (TPSA) is 59.6 Å². The van der Waals surface area contributed by atoms with Crippen LogP contribution in [-0.2, 0) is 11.3 Å². The molecule has 1 aromatic rings. The van der Waals surface area contributed by atoms with Gasteiger partial charge in [-0.25, -0.2) is 4.79 Å². The van der Waals surface area contributed by atoms with E-state index in [1.807, 2.05) is 38.1 Å². The Morgan fingerprint density at radius 3 is 2.77 bits per heavy atom. The zero-order valence-electron chi connectivity index (χ0n) is 16.8. The van der Waals surface area contributed by atoms with Crippen LogP contribution in [0.1, 0.15) is 53.0 Å². The molecule has 0 radical (unpaired) electrons. The third-order valence-corrected chi connectivity index (χ3v) is 4.55. The Kier molecular flexibility index (Phi) is 7.33. The van der Waals surface area contributed by atoms with E-state index in [9.17, 15) is 4.79 Å². The van der Waals surface area contributed by atoms with Gasteiger partial charge in [-0.2, -0.15) is 0 Å². The lowest BCUT2D eigenvalue weighted by atomic mass is 9.78. The highest BCUT2D eigenvalue weighted by molar-refractivity contribution is 5.73. The van der Waals surface area contributed by atoms with E-state index in [-0.39, 0.29) is 23.7 Å². The van der Waals surface area contributed by atoms with Crippen LogP contribution in [0.2, 0.25) is 0 Å². The number of amides is 2. The molecule has 1 saturated heterocycles. The maximum atomic E-state index is 12.2. The number of hydrogen-bond acceptors (Lipinski definition) is 3. The predicted molar refractivity (Wildman–Crippen MR) is 104 cm³/mol. The minimum atomic E-state index is -0.140. The van der Waals surface area contributed by atoms with Crippen LogP contribution < -0.4 is 15.4 Å². The molecule has 5 heteroatoms. The van der Waals surface area contributed by atoms with Crippen molar-refractivity contribution >= 4 is 6.03 Å². The molecule has 1 fully saturated rings. The first-order chi connectivity index (χ1) is 12.3. The number of ether oxygens (including phenoxy) is 2. The molecule has 1 heterocycles. The molecule has 2 amide bonds. The fourth-order valence-corrected chi connectivity index (χ4v) is 3.48. The lowest BCUT2D eigenvalue weighted by Crippen LogP contribution is -2.46. The summed E-state index contributed by atoms with van der Waals surface area (Å²) in [6.07, 6.45) is 2.47. The number of rotatable bonds is 6. The molecule has 2 N–H and O–H groups in total. The summed E-state index contributed by atoms with van der Waals surface area (Å²) >= 11 is 0. The maximum absolute atomic E-state index is 12.2.